The van der Waals surface area contributed by atoms with E-state index in [2.05, 4.69) is 10.1 Å². The summed E-state index contributed by atoms with van der Waals surface area (Å²) in [5.41, 5.74) is 0.623. The molecule has 0 fully saturated rings. The number of benzene rings is 1. The van der Waals surface area contributed by atoms with E-state index in [1.54, 1.807) is 0 Å². The highest BCUT2D eigenvalue weighted by Gasteiger charge is 2.04. The molecule has 0 heterocycles. The molecule has 0 bridgehead atoms. The molecule has 0 aliphatic carbocycles. The van der Waals surface area contributed by atoms with Gasteiger partial charge in [0, 0.05) is 16.7 Å². The number of anilines is 1. The Labute approximate surface area is 86.1 Å². The van der Waals surface area contributed by atoms with Crippen LogP contribution in [0, 0.1) is 0 Å². The molecule has 1 amide bonds. The molecule has 0 aliphatic heterocycles. The summed E-state index contributed by atoms with van der Waals surface area (Å²) in [6.45, 7) is -2.69. The van der Waals surface area contributed by atoms with Gasteiger partial charge in [-0.1, -0.05) is 0 Å². The molecular weight excluding hydrogens is 182 g/mol. The van der Waals surface area contributed by atoms with Gasteiger partial charge in [0.2, 0.25) is 5.91 Å². The molecule has 1 N–H and O–H groups in total. The molecule has 14 heavy (non-hydrogen) atoms. The third-order valence-corrected chi connectivity index (χ3v) is 1.56. The van der Waals surface area contributed by atoms with E-state index < -0.39 is 18.7 Å². The van der Waals surface area contributed by atoms with Gasteiger partial charge in [-0.2, -0.15) is 0 Å². The molecule has 0 radical (unpaired) electrons. The summed E-state index contributed by atoms with van der Waals surface area (Å²) >= 11 is 0. The zero-order valence-electron chi connectivity index (χ0n) is 10.5. The van der Waals surface area contributed by atoms with E-state index in [4.69, 9.17) is 4.11 Å². The summed E-state index contributed by atoms with van der Waals surface area (Å²) in [4.78, 5) is 22.3. The fourth-order valence-corrected chi connectivity index (χ4v) is 0.939. The average Bonchev–Trinajstić information content (AvgIpc) is 2.27. The smallest absolute Gasteiger partial charge is 0.337 e. The quantitative estimate of drug-likeness (QED) is 0.728. The highest BCUT2D eigenvalue weighted by atomic mass is 16.5. The van der Waals surface area contributed by atoms with Gasteiger partial charge in [0.05, 0.1) is 12.7 Å². The summed E-state index contributed by atoms with van der Waals surface area (Å²) in [5, 5.41) is 2.21. The van der Waals surface area contributed by atoms with Crippen LogP contribution in [0.1, 0.15) is 21.3 Å². The van der Waals surface area contributed by atoms with Crippen LogP contribution in [0.2, 0.25) is 0 Å². The van der Waals surface area contributed by atoms with Crippen molar-refractivity contribution in [3.63, 3.8) is 0 Å². The highest BCUT2D eigenvalue weighted by molar-refractivity contribution is 5.92. The van der Waals surface area contributed by atoms with Crippen LogP contribution in [0.3, 0.4) is 0 Å². The van der Waals surface area contributed by atoms with Gasteiger partial charge in [0.1, 0.15) is 0 Å². The van der Waals surface area contributed by atoms with Gasteiger partial charge in [0.15, 0.2) is 0 Å². The van der Waals surface area contributed by atoms with E-state index in [0.29, 0.717) is 11.3 Å². The SMILES string of the molecule is [2H]C([2H])([2H])C(=O)Nc1ccc(C(=O)OC)cc1. The number of hydrogen-bond acceptors (Lipinski definition) is 3. The number of carbonyl (C=O) groups is 2. The highest BCUT2D eigenvalue weighted by Crippen LogP contribution is 2.09. The van der Waals surface area contributed by atoms with Gasteiger partial charge in [-0.05, 0) is 24.3 Å². The van der Waals surface area contributed by atoms with E-state index in [-0.39, 0.29) is 0 Å². The molecule has 4 nitrogen and oxygen atoms in total. The Kier molecular flexibility index (Phi) is 2.08. The first-order valence-corrected chi connectivity index (χ1v) is 3.84. The average molecular weight is 196 g/mol. The van der Waals surface area contributed by atoms with Crippen LogP contribution in [0.5, 0.6) is 0 Å². The lowest BCUT2D eigenvalue weighted by Gasteiger charge is -2.02. The van der Waals surface area contributed by atoms with Crippen molar-refractivity contribution in [2.75, 3.05) is 12.4 Å². The van der Waals surface area contributed by atoms with Crippen molar-refractivity contribution < 1.29 is 18.4 Å². The van der Waals surface area contributed by atoms with E-state index in [0.717, 1.165) is 0 Å². The fraction of sp³-hybridized carbons (Fsp3) is 0.200. The molecule has 4 heteroatoms. The lowest BCUT2D eigenvalue weighted by Crippen LogP contribution is -2.06. The van der Waals surface area contributed by atoms with Crippen LogP contribution >= 0.6 is 0 Å². The van der Waals surface area contributed by atoms with Crippen molar-refractivity contribution >= 4 is 17.6 Å². The number of amides is 1. The van der Waals surface area contributed by atoms with Gasteiger partial charge in [-0.3, -0.25) is 4.79 Å². The Morgan fingerprint density at radius 2 is 2.00 bits per heavy atom. The largest absolute Gasteiger partial charge is 0.465 e. The minimum atomic E-state index is -2.69. The Hall–Kier alpha value is -1.84. The second-order valence-corrected chi connectivity index (χ2v) is 2.52. The van der Waals surface area contributed by atoms with Crippen LogP contribution in [0.15, 0.2) is 24.3 Å². The zero-order chi connectivity index (χ0) is 13.1. The summed E-state index contributed by atoms with van der Waals surface area (Å²) in [5.74, 6) is -1.57. The first-order valence-electron chi connectivity index (χ1n) is 5.34. The molecule has 0 unspecified atom stereocenters. The van der Waals surface area contributed by atoms with Gasteiger partial charge in [-0.25, -0.2) is 4.79 Å². The van der Waals surface area contributed by atoms with E-state index >= 15 is 0 Å². The molecule has 0 spiro atoms. The lowest BCUT2D eigenvalue weighted by atomic mass is 10.2. The molecular formula is C10H11NO3. The Morgan fingerprint density at radius 3 is 2.50 bits per heavy atom. The predicted molar refractivity (Wildman–Crippen MR) is 52.1 cm³/mol. The monoisotopic (exact) mass is 196 g/mol. The first-order chi connectivity index (χ1) is 7.84. The number of carbonyl (C=O) groups excluding carboxylic acids is 2. The third kappa shape index (κ3) is 2.58. The standard InChI is InChI=1S/C10H11NO3/c1-7(12)11-9-5-3-8(4-6-9)10(13)14-2/h3-6H,1-2H3,(H,11,12)/i1D3. The maximum atomic E-state index is 11.1. The van der Waals surface area contributed by atoms with E-state index in [1.165, 1.54) is 31.4 Å². The Bertz CT molecular complexity index is 425. The maximum absolute atomic E-state index is 11.1. The van der Waals surface area contributed by atoms with Crippen LogP contribution in [0.25, 0.3) is 0 Å². The molecule has 0 aliphatic rings. The van der Waals surface area contributed by atoms with Gasteiger partial charge >= 0.3 is 5.97 Å². The summed E-state index contributed by atoms with van der Waals surface area (Å²) in [6, 6.07) is 5.72. The van der Waals surface area contributed by atoms with Crippen LogP contribution in [-0.4, -0.2) is 19.0 Å². The summed E-state index contributed by atoms with van der Waals surface area (Å²) in [7, 11) is 1.26. The zero-order valence-corrected chi connectivity index (χ0v) is 7.53. The minimum Gasteiger partial charge on any atom is -0.465 e. The summed E-state index contributed by atoms with van der Waals surface area (Å²) in [6.07, 6.45) is 0. The van der Waals surface area contributed by atoms with Crippen molar-refractivity contribution in [2.24, 2.45) is 0 Å². The second-order valence-electron chi connectivity index (χ2n) is 2.52. The number of hydrogen-bond donors (Lipinski definition) is 1. The number of nitrogens with one attached hydrogen (secondary N) is 1. The number of rotatable bonds is 2. The molecule has 74 valence electrons. The third-order valence-electron chi connectivity index (χ3n) is 1.56. The molecule has 0 aromatic heterocycles. The van der Waals surface area contributed by atoms with Crippen molar-refractivity contribution in [3.05, 3.63) is 29.8 Å². The van der Waals surface area contributed by atoms with Crippen molar-refractivity contribution in [1.82, 2.24) is 0 Å². The van der Waals surface area contributed by atoms with E-state index in [9.17, 15) is 9.59 Å². The van der Waals surface area contributed by atoms with Gasteiger partial charge < -0.3 is 10.1 Å². The van der Waals surface area contributed by atoms with Crippen molar-refractivity contribution in [2.45, 2.75) is 6.85 Å². The predicted octanol–water partition coefficient (Wildman–Crippen LogP) is 1.43. The van der Waals surface area contributed by atoms with Crippen LogP contribution in [0.4, 0.5) is 5.69 Å². The summed E-state index contributed by atoms with van der Waals surface area (Å²) < 4.78 is 25.1. The van der Waals surface area contributed by atoms with Gasteiger partial charge in [0.25, 0.3) is 0 Å². The topological polar surface area (TPSA) is 55.4 Å². The Morgan fingerprint density at radius 1 is 1.36 bits per heavy atom. The number of ether oxygens (including phenoxy) is 1. The molecule has 1 rings (SSSR count). The van der Waals surface area contributed by atoms with Gasteiger partial charge in [-0.15, -0.1) is 0 Å². The second kappa shape index (κ2) is 4.41. The Balaban J connectivity index is 2.76. The molecule has 0 saturated heterocycles. The maximum Gasteiger partial charge on any atom is 0.337 e. The van der Waals surface area contributed by atoms with Crippen molar-refractivity contribution in [3.8, 4) is 0 Å². The molecule has 0 saturated carbocycles. The van der Waals surface area contributed by atoms with Crippen molar-refractivity contribution in [1.29, 1.82) is 0 Å². The lowest BCUT2D eigenvalue weighted by molar-refractivity contribution is -0.114. The molecule has 0 atom stereocenters. The normalized spacial score (nSPS) is 13.4. The van der Waals surface area contributed by atoms with E-state index in [1.807, 2.05) is 0 Å². The fourth-order valence-electron chi connectivity index (χ4n) is 0.939. The first kappa shape index (κ1) is 6.59. The molecule has 1 aromatic rings. The molecule has 1 aromatic carbocycles. The van der Waals surface area contributed by atoms with Crippen LogP contribution in [-0.2, 0) is 9.53 Å². The van der Waals surface area contributed by atoms with Crippen LogP contribution < -0.4 is 5.32 Å². The minimum absolute atomic E-state index is 0.304. The number of esters is 1. The number of methoxy groups -OCH3 is 1.